The third-order valence-electron chi connectivity index (χ3n) is 5.57. The van der Waals surface area contributed by atoms with Crippen LogP contribution in [0.1, 0.15) is 34.5 Å². The van der Waals surface area contributed by atoms with E-state index in [0.717, 1.165) is 22.3 Å². The molecule has 1 saturated heterocycles. The predicted octanol–water partition coefficient (Wildman–Crippen LogP) is 1.12. The first-order valence-electron chi connectivity index (χ1n) is 10.3. The zero-order valence-electron chi connectivity index (χ0n) is 18.3. The second-order valence-corrected chi connectivity index (χ2v) is 8.03. The van der Waals surface area contributed by atoms with Crippen molar-refractivity contribution in [2.45, 2.75) is 32.7 Å². The van der Waals surface area contributed by atoms with Crippen molar-refractivity contribution in [2.24, 2.45) is 14.1 Å². The topological polar surface area (TPSA) is 107 Å². The standard InChI is InChI=1S/C21H27N7O3/c1-13-9-14(2)23-19-18(13)21(25-27(19)4)31-12-17(29)28-7-5-16(6-8-28)24-20(30)15-10-22-26(3)11-15/h9-11,16H,5-8,12H2,1-4H3,(H,24,30). The lowest BCUT2D eigenvalue weighted by Gasteiger charge is -2.32. The summed E-state index contributed by atoms with van der Waals surface area (Å²) >= 11 is 0. The number of pyridine rings is 1. The molecule has 10 nitrogen and oxygen atoms in total. The van der Waals surface area contributed by atoms with Crippen LogP contribution in [0.3, 0.4) is 0 Å². The van der Waals surface area contributed by atoms with Crippen molar-refractivity contribution in [1.29, 1.82) is 0 Å². The number of fused-ring (bicyclic) bond motifs is 1. The number of hydrogen-bond donors (Lipinski definition) is 1. The lowest BCUT2D eigenvalue weighted by atomic mass is 10.0. The molecule has 4 heterocycles. The molecule has 0 saturated carbocycles. The van der Waals surface area contributed by atoms with Gasteiger partial charge in [0.1, 0.15) is 0 Å². The van der Waals surface area contributed by atoms with Gasteiger partial charge < -0.3 is 15.0 Å². The molecule has 1 aliphatic rings. The number of piperidine rings is 1. The van der Waals surface area contributed by atoms with Crippen LogP contribution in [-0.2, 0) is 18.9 Å². The summed E-state index contributed by atoms with van der Waals surface area (Å²) in [5.74, 6) is 0.200. The fourth-order valence-electron chi connectivity index (χ4n) is 3.95. The van der Waals surface area contributed by atoms with Crippen molar-refractivity contribution in [1.82, 2.24) is 34.8 Å². The van der Waals surface area contributed by atoms with E-state index in [1.54, 1.807) is 33.7 Å². The zero-order chi connectivity index (χ0) is 22.1. The van der Waals surface area contributed by atoms with E-state index in [1.807, 2.05) is 27.0 Å². The highest BCUT2D eigenvalue weighted by Gasteiger charge is 2.25. The van der Waals surface area contributed by atoms with Gasteiger partial charge in [0.2, 0.25) is 5.88 Å². The first kappa shape index (κ1) is 20.8. The van der Waals surface area contributed by atoms with Gasteiger partial charge in [0, 0.05) is 45.1 Å². The molecule has 10 heteroatoms. The Morgan fingerprint density at radius 1 is 1.23 bits per heavy atom. The Labute approximate surface area is 180 Å². The molecule has 0 aliphatic carbocycles. The van der Waals surface area contributed by atoms with Crippen LogP contribution in [0.4, 0.5) is 0 Å². The van der Waals surface area contributed by atoms with E-state index < -0.39 is 0 Å². The normalized spacial score (nSPS) is 14.8. The van der Waals surface area contributed by atoms with Gasteiger partial charge in [0.15, 0.2) is 12.3 Å². The number of amides is 2. The molecular formula is C21H27N7O3. The van der Waals surface area contributed by atoms with E-state index >= 15 is 0 Å². The maximum absolute atomic E-state index is 12.7. The molecule has 3 aromatic rings. The minimum absolute atomic E-state index is 0.0365. The molecule has 2 amide bonds. The maximum atomic E-state index is 12.7. The molecule has 1 N–H and O–H groups in total. The van der Waals surface area contributed by atoms with Crippen LogP contribution >= 0.6 is 0 Å². The highest BCUT2D eigenvalue weighted by Crippen LogP contribution is 2.27. The molecule has 0 aromatic carbocycles. The minimum Gasteiger partial charge on any atom is -0.466 e. The number of rotatable bonds is 5. The number of carbonyl (C=O) groups excluding carboxylic acids is 2. The minimum atomic E-state index is -0.137. The molecule has 0 unspecified atom stereocenters. The molecule has 0 radical (unpaired) electrons. The van der Waals surface area contributed by atoms with Crippen LogP contribution in [-0.4, -0.2) is 67.0 Å². The van der Waals surface area contributed by atoms with E-state index in [9.17, 15) is 9.59 Å². The number of nitrogens with zero attached hydrogens (tertiary/aromatic N) is 6. The van der Waals surface area contributed by atoms with Gasteiger partial charge in [0.05, 0.1) is 17.1 Å². The van der Waals surface area contributed by atoms with Crippen molar-refractivity contribution in [3.63, 3.8) is 0 Å². The molecule has 0 atom stereocenters. The third-order valence-corrected chi connectivity index (χ3v) is 5.57. The Bertz CT molecular complexity index is 1130. The third kappa shape index (κ3) is 4.37. The second-order valence-electron chi connectivity index (χ2n) is 8.03. The zero-order valence-corrected chi connectivity index (χ0v) is 18.3. The van der Waals surface area contributed by atoms with Gasteiger partial charge in [-0.05, 0) is 38.3 Å². The molecule has 1 fully saturated rings. The Morgan fingerprint density at radius 3 is 2.65 bits per heavy atom. The van der Waals surface area contributed by atoms with Gasteiger partial charge in [-0.25, -0.2) is 9.67 Å². The van der Waals surface area contributed by atoms with E-state index in [2.05, 4.69) is 20.5 Å². The highest BCUT2D eigenvalue weighted by atomic mass is 16.5. The Balaban J connectivity index is 1.31. The molecule has 4 rings (SSSR count). The van der Waals surface area contributed by atoms with Gasteiger partial charge in [0.25, 0.3) is 11.8 Å². The van der Waals surface area contributed by atoms with E-state index in [0.29, 0.717) is 37.4 Å². The van der Waals surface area contributed by atoms with E-state index in [4.69, 9.17) is 4.74 Å². The molecule has 0 spiro atoms. The number of ether oxygens (including phenoxy) is 1. The van der Waals surface area contributed by atoms with Crippen molar-refractivity contribution >= 4 is 22.8 Å². The average Bonchev–Trinajstić information content (AvgIpc) is 3.30. The lowest BCUT2D eigenvalue weighted by Crippen LogP contribution is -2.47. The van der Waals surface area contributed by atoms with Gasteiger partial charge in [-0.15, -0.1) is 5.10 Å². The first-order valence-corrected chi connectivity index (χ1v) is 10.3. The summed E-state index contributed by atoms with van der Waals surface area (Å²) in [7, 11) is 3.59. The fourth-order valence-corrected chi connectivity index (χ4v) is 3.95. The number of aromatic nitrogens is 5. The Morgan fingerprint density at radius 2 is 1.97 bits per heavy atom. The molecular weight excluding hydrogens is 398 g/mol. The van der Waals surface area contributed by atoms with Crippen molar-refractivity contribution in [2.75, 3.05) is 19.7 Å². The highest BCUT2D eigenvalue weighted by molar-refractivity contribution is 5.93. The fraction of sp³-hybridized carbons (Fsp3) is 0.476. The average molecular weight is 425 g/mol. The smallest absolute Gasteiger partial charge is 0.260 e. The second kappa shape index (κ2) is 8.37. The molecule has 0 bridgehead atoms. The van der Waals surface area contributed by atoms with Crippen molar-refractivity contribution in [3.05, 3.63) is 35.3 Å². The summed E-state index contributed by atoms with van der Waals surface area (Å²) < 4.78 is 9.05. The molecule has 1 aliphatic heterocycles. The summed E-state index contributed by atoms with van der Waals surface area (Å²) in [5.41, 5.74) is 3.21. The Hall–Kier alpha value is -3.43. The van der Waals surface area contributed by atoms with Crippen LogP contribution in [0.5, 0.6) is 5.88 Å². The number of hydrogen-bond acceptors (Lipinski definition) is 6. The van der Waals surface area contributed by atoms with Crippen molar-refractivity contribution < 1.29 is 14.3 Å². The van der Waals surface area contributed by atoms with Gasteiger partial charge in [-0.2, -0.15) is 5.10 Å². The maximum Gasteiger partial charge on any atom is 0.260 e. The number of carbonyl (C=O) groups is 2. The quantitative estimate of drug-likeness (QED) is 0.656. The van der Waals surface area contributed by atoms with E-state index in [-0.39, 0.29) is 24.5 Å². The van der Waals surface area contributed by atoms with Crippen LogP contribution in [0.2, 0.25) is 0 Å². The molecule has 164 valence electrons. The van der Waals surface area contributed by atoms with Crippen LogP contribution < -0.4 is 10.1 Å². The summed E-state index contributed by atoms with van der Waals surface area (Å²) in [6.45, 7) is 4.99. The van der Waals surface area contributed by atoms with Gasteiger partial charge in [-0.3, -0.25) is 14.3 Å². The number of aryl methyl sites for hydroxylation is 4. The summed E-state index contributed by atoms with van der Waals surface area (Å²) in [4.78, 5) is 31.2. The lowest BCUT2D eigenvalue weighted by molar-refractivity contribution is -0.134. The number of nitrogens with one attached hydrogen (secondary N) is 1. The summed E-state index contributed by atoms with van der Waals surface area (Å²) in [5, 5.41) is 12.3. The molecule has 3 aromatic heterocycles. The SMILES string of the molecule is Cc1cc(C)c2c(OCC(=O)N3CCC(NC(=O)c4cnn(C)c4)CC3)nn(C)c2n1. The van der Waals surface area contributed by atoms with Crippen LogP contribution in [0, 0.1) is 13.8 Å². The largest absolute Gasteiger partial charge is 0.466 e. The van der Waals surface area contributed by atoms with E-state index in [1.165, 1.54) is 0 Å². The van der Waals surface area contributed by atoms with Crippen LogP contribution in [0.15, 0.2) is 18.5 Å². The van der Waals surface area contributed by atoms with Crippen LogP contribution in [0.25, 0.3) is 11.0 Å². The van der Waals surface area contributed by atoms with Gasteiger partial charge in [-0.1, -0.05) is 0 Å². The number of likely N-dealkylation sites (tertiary alicyclic amines) is 1. The monoisotopic (exact) mass is 425 g/mol. The summed E-state index contributed by atoms with van der Waals surface area (Å²) in [6, 6.07) is 2.01. The molecule has 31 heavy (non-hydrogen) atoms. The van der Waals surface area contributed by atoms with Gasteiger partial charge >= 0.3 is 0 Å². The van der Waals surface area contributed by atoms with Crippen molar-refractivity contribution in [3.8, 4) is 5.88 Å². The summed E-state index contributed by atoms with van der Waals surface area (Å²) in [6.07, 6.45) is 4.63. The predicted molar refractivity (Wildman–Crippen MR) is 114 cm³/mol. The first-order chi connectivity index (χ1) is 14.8. The Kier molecular flexibility index (Phi) is 5.62.